The largest absolute Gasteiger partial charge is 0.493 e. The summed E-state index contributed by atoms with van der Waals surface area (Å²) in [7, 11) is 1.55. The van der Waals surface area contributed by atoms with E-state index in [0.717, 1.165) is 25.8 Å². The van der Waals surface area contributed by atoms with Crippen LogP contribution in [-0.4, -0.2) is 29.8 Å². The van der Waals surface area contributed by atoms with E-state index in [1.165, 1.54) is 0 Å². The summed E-state index contributed by atoms with van der Waals surface area (Å²) in [5, 5.41) is 0.447. The van der Waals surface area contributed by atoms with Crippen molar-refractivity contribution < 1.29 is 19.1 Å². The molecule has 2 aromatic rings. The van der Waals surface area contributed by atoms with Gasteiger partial charge in [-0.15, -0.1) is 0 Å². The third kappa shape index (κ3) is 4.84. The Hall–Kier alpha value is -1.42. The average Bonchev–Trinajstić information content (AvgIpc) is 2.93. The highest BCUT2D eigenvalue weighted by molar-refractivity contribution is 14.1. The number of imide groups is 1. The van der Waals surface area contributed by atoms with Crippen molar-refractivity contribution in [2.75, 3.05) is 13.7 Å². The summed E-state index contributed by atoms with van der Waals surface area (Å²) < 4.78 is 11.9. The molecule has 0 N–H and O–H groups in total. The van der Waals surface area contributed by atoms with Gasteiger partial charge in [0.2, 0.25) is 0 Å². The van der Waals surface area contributed by atoms with Crippen LogP contribution in [0.15, 0.2) is 35.2 Å². The Bertz CT molecular complexity index is 992. The molecule has 2 aromatic carbocycles. The van der Waals surface area contributed by atoms with E-state index in [4.69, 9.17) is 32.7 Å². The molecule has 1 heterocycles. The molecule has 0 saturated carbocycles. The van der Waals surface area contributed by atoms with Crippen molar-refractivity contribution in [2.24, 2.45) is 0 Å². The number of thioether (sulfide) groups is 1. The van der Waals surface area contributed by atoms with Crippen molar-refractivity contribution >= 4 is 74.8 Å². The summed E-state index contributed by atoms with van der Waals surface area (Å²) in [6.45, 7) is 2.42. The van der Waals surface area contributed by atoms with Gasteiger partial charge in [0.05, 0.1) is 28.7 Å². The van der Waals surface area contributed by atoms with Gasteiger partial charge in [-0.25, -0.2) is 0 Å². The number of nitrogens with zero attached hydrogens (tertiary/aromatic N) is 1. The van der Waals surface area contributed by atoms with E-state index in [1.54, 1.807) is 37.5 Å². The molecule has 29 heavy (non-hydrogen) atoms. The van der Waals surface area contributed by atoms with Crippen LogP contribution in [0.25, 0.3) is 6.08 Å². The molecule has 1 fully saturated rings. The Balaban J connectivity index is 1.89. The molecule has 0 radical (unpaired) electrons. The first-order valence-corrected chi connectivity index (χ1v) is 11.2. The first-order chi connectivity index (χ1) is 13.8. The maximum Gasteiger partial charge on any atom is 0.293 e. The van der Waals surface area contributed by atoms with E-state index in [2.05, 4.69) is 22.6 Å². The summed E-state index contributed by atoms with van der Waals surface area (Å²) >= 11 is 15.4. The van der Waals surface area contributed by atoms with Crippen LogP contribution in [0, 0.1) is 3.57 Å². The highest BCUT2D eigenvalue weighted by Crippen LogP contribution is 2.38. The van der Waals surface area contributed by atoms with Crippen LogP contribution in [-0.2, 0) is 11.3 Å². The maximum atomic E-state index is 12.8. The van der Waals surface area contributed by atoms with E-state index in [1.807, 2.05) is 13.0 Å². The predicted molar refractivity (Wildman–Crippen MR) is 125 cm³/mol. The standard InChI is InChI=1S/C20H16Cl2INO4S/c1-3-28-18-15(23)7-11(8-16(18)27-2)9-17-19(25)24(20(26)29-17)10-12-13(21)5-4-6-14(12)22/h4-9H,3,10H2,1-2H3/b17-9-. The van der Waals surface area contributed by atoms with Crippen molar-refractivity contribution in [3.63, 3.8) is 0 Å². The highest BCUT2D eigenvalue weighted by Gasteiger charge is 2.35. The molecule has 1 saturated heterocycles. The maximum absolute atomic E-state index is 12.8. The second-order valence-electron chi connectivity index (χ2n) is 5.94. The normalized spacial score (nSPS) is 15.3. The molecule has 2 amide bonds. The smallest absolute Gasteiger partial charge is 0.293 e. The molecule has 5 nitrogen and oxygen atoms in total. The van der Waals surface area contributed by atoms with Gasteiger partial charge in [0.15, 0.2) is 11.5 Å². The lowest BCUT2D eigenvalue weighted by Crippen LogP contribution is -2.27. The van der Waals surface area contributed by atoms with E-state index in [9.17, 15) is 9.59 Å². The summed E-state index contributed by atoms with van der Waals surface area (Å²) in [4.78, 5) is 26.7. The van der Waals surface area contributed by atoms with Gasteiger partial charge in [-0.2, -0.15) is 0 Å². The van der Waals surface area contributed by atoms with Gasteiger partial charge in [0, 0.05) is 15.6 Å². The fourth-order valence-corrected chi connectivity index (χ4v) is 4.87. The Morgan fingerprint density at radius 3 is 2.52 bits per heavy atom. The summed E-state index contributed by atoms with van der Waals surface area (Å²) in [6.07, 6.45) is 1.67. The zero-order valence-corrected chi connectivity index (χ0v) is 20.0. The predicted octanol–water partition coefficient (Wildman–Crippen LogP) is 6.24. The number of carbonyl (C=O) groups excluding carboxylic acids is 2. The Morgan fingerprint density at radius 2 is 1.90 bits per heavy atom. The van der Waals surface area contributed by atoms with Crippen molar-refractivity contribution in [3.05, 3.63) is 60.0 Å². The van der Waals surface area contributed by atoms with Crippen LogP contribution >= 0.6 is 57.6 Å². The number of amides is 2. The molecule has 3 rings (SSSR count). The fraction of sp³-hybridized carbons (Fsp3) is 0.200. The Labute approximate surface area is 196 Å². The zero-order chi connectivity index (χ0) is 21.1. The SMILES string of the molecule is CCOc1c(I)cc(/C=C2\SC(=O)N(Cc3c(Cl)cccc3Cl)C2=O)cc1OC. The van der Waals surface area contributed by atoms with Crippen LogP contribution < -0.4 is 9.47 Å². The van der Waals surface area contributed by atoms with E-state index < -0.39 is 0 Å². The molecular weight excluding hydrogens is 548 g/mol. The minimum atomic E-state index is -0.390. The van der Waals surface area contributed by atoms with E-state index in [0.29, 0.717) is 38.6 Å². The lowest BCUT2D eigenvalue weighted by atomic mass is 10.1. The van der Waals surface area contributed by atoms with Crippen LogP contribution in [0.2, 0.25) is 10.0 Å². The van der Waals surface area contributed by atoms with Crippen molar-refractivity contribution in [3.8, 4) is 11.5 Å². The van der Waals surface area contributed by atoms with Crippen LogP contribution in [0.5, 0.6) is 11.5 Å². The van der Waals surface area contributed by atoms with Crippen molar-refractivity contribution in [1.82, 2.24) is 4.90 Å². The van der Waals surface area contributed by atoms with Gasteiger partial charge < -0.3 is 9.47 Å². The summed E-state index contributed by atoms with van der Waals surface area (Å²) in [6, 6.07) is 8.69. The van der Waals surface area contributed by atoms with Gasteiger partial charge in [-0.1, -0.05) is 29.3 Å². The molecule has 0 aromatic heterocycles. The van der Waals surface area contributed by atoms with Gasteiger partial charge in [0.1, 0.15) is 0 Å². The van der Waals surface area contributed by atoms with Crippen LogP contribution in [0.1, 0.15) is 18.1 Å². The second kappa shape index (κ2) is 9.59. The number of ether oxygens (including phenoxy) is 2. The number of carbonyl (C=O) groups is 2. The van der Waals surface area contributed by atoms with Crippen molar-refractivity contribution in [2.45, 2.75) is 13.5 Å². The van der Waals surface area contributed by atoms with Gasteiger partial charge in [-0.3, -0.25) is 14.5 Å². The molecule has 1 aliphatic rings. The molecule has 152 valence electrons. The lowest BCUT2D eigenvalue weighted by Gasteiger charge is -2.15. The third-order valence-corrected chi connectivity index (χ3v) is 6.51. The van der Waals surface area contributed by atoms with Gasteiger partial charge >= 0.3 is 0 Å². The third-order valence-electron chi connectivity index (χ3n) is 4.09. The number of hydrogen-bond acceptors (Lipinski definition) is 5. The number of methoxy groups -OCH3 is 1. The highest BCUT2D eigenvalue weighted by atomic mass is 127. The fourth-order valence-electron chi connectivity index (χ4n) is 2.74. The quantitative estimate of drug-likeness (QED) is 0.307. The number of halogens is 3. The monoisotopic (exact) mass is 563 g/mol. The first-order valence-electron chi connectivity index (χ1n) is 8.54. The molecule has 0 unspecified atom stereocenters. The molecule has 0 aliphatic carbocycles. The molecule has 0 bridgehead atoms. The van der Waals surface area contributed by atoms with E-state index in [-0.39, 0.29) is 17.7 Å². The molecule has 0 spiro atoms. The summed E-state index contributed by atoms with van der Waals surface area (Å²) in [5.74, 6) is 0.820. The zero-order valence-electron chi connectivity index (χ0n) is 15.5. The van der Waals surface area contributed by atoms with Crippen LogP contribution in [0.4, 0.5) is 4.79 Å². The molecule has 9 heteroatoms. The van der Waals surface area contributed by atoms with Gasteiger partial charge in [0.25, 0.3) is 11.1 Å². The average molecular weight is 564 g/mol. The lowest BCUT2D eigenvalue weighted by molar-refractivity contribution is -0.123. The summed E-state index contributed by atoms with van der Waals surface area (Å²) in [5.41, 5.74) is 1.27. The number of rotatable bonds is 6. The van der Waals surface area contributed by atoms with E-state index >= 15 is 0 Å². The van der Waals surface area contributed by atoms with Gasteiger partial charge in [-0.05, 0) is 77.2 Å². The second-order valence-corrected chi connectivity index (χ2v) is 8.90. The molecule has 1 aliphatic heterocycles. The van der Waals surface area contributed by atoms with Crippen molar-refractivity contribution in [1.29, 1.82) is 0 Å². The minimum absolute atomic E-state index is 0.0185. The molecular formula is C20H16Cl2INO4S. The Kier molecular flexibility index (Phi) is 7.37. The number of hydrogen-bond donors (Lipinski definition) is 0. The first kappa shape index (κ1) is 22.3. The topological polar surface area (TPSA) is 55.8 Å². The molecule has 0 atom stereocenters. The number of benzene rings is 2. The Morgan fingerprint density at radius 1 is 1.21 bits per heavy atom. The minimum Gasteiger partial charge on any atom is -0.493 e. The van der Waals surface area contributed by atoms with Crippen LogP contribution in [0.3, 0.4) is 0 Å².